The average Bonchev–Trinajstić information content (AvgIpc) is 2.34. The maximum absolute atomic E-state index is 12.0. The smallest absolute Gasteiger partial charge is 0.410 e. The number of carbonyl (C=O) groups excluding carboxylic acids is 1. The quantitative estimate of drug-likeness (QED) is 0.860. The van der Waals surface area contributed by atoms with Crippen molar-refractivity contribution in [2.24, 2.45) is 11.8 Å². The fourth-order valence-electron chi connectivity index (χ4n) is 3.30. The lowest BCUT2D eigenvalue weighted by Crippen LogP contribution is -2.50. The molecule has 0 aromatic carbocycles. The maximum atomic E-state index is 12.0. The summed E-state index contributed by atoms with van der Waals surface area (Å²) in [6.45, 7) is 9.16. The van der Waals surface area contributed by atoms with Gasteiger partial charge in [0.25, 0.3) is 0 Å². The van der Waals surface area contributed by atoms with Crippen molar-refractivity contribution < 1.29 is 19.4 Å². The van der Waals surface area contributed by atoms with E-state index in [1.807, 2.05) is 25.7 Å². The highest BCUT2D eigenvalue weighted by Crippen LogP contribution is 2.29. The third-order valence-electron chi connectivity index (χ3n) is 4.32. The number of rotatable bonds is 4. The van der Waals surface area contributed by atoms with E-state index in [1.165, 1.54) is 0 Å². The number of nitrogens with zero attached hydrogens (tertiary/aromatic N) is 2. The van der Waals surface area contributed by atoms with Crippen molar-refractivity contribution in [1.82, 2.24) is 9.80 Å². The maximum Gasteiger partial charge on any atom is 0.410 e. The molecule has 0 bridgehead atoms. The van der Waals surface area contributed by atoms with E-state index in [0.717, 1.165) is 45.4 Å². The molecule has 0 aromatic rings. The predicted molar refractivity (Wildman–Crippen MR) is 82.7 cm³/mol. The fraction of sp³-hybridized carbons (Fsp3) is 0.875. The van der Waals surface area contributed by atoms with E-state index in [4.69, 9.17) is 9.84 Å². The van der Waals surface area contributed by atoms with Crippen molar-refractivity contribution in [2.75, 3.05) is 32.7 Å². The number of hydrogen-bond acceptors (Lipinski definition) is 4. The Bertz CT molecular complexity index is 405. The average molecular weight is 312 g/mol. The molecule has 126 valence electrons. The van der Waals surface area contributed by atoms with Gasteiger partial charge in [0.05, 0.1) is 6.54 Å². The summed E-state index contributed by atoms with van der Waals surface area (Å²) >= 11 is 0. The molecule has 0 spiro atoms. The van der Waals surface area contributed by atoms with Gasteiger partial charge in [-0.05, 0) is 51.9 Å². The Kier molecular flexibility index (Phi) is 5.32. The zero-order valence-corrected chi connectivity index (χ0v) is 13.9. The zero-order valence-electron chi connectivity index (χ0n) is 13.9. The number of likely N-dealkylation sites (tertiary alicyclic amines) is 2. The molecule has 0 radical (unpaired) electrons. The third-order valence-corrected chi connectivity index (χ3v) is 4.32. The molecule has 0 unspecified atom stereocenters. The molecule has 2 fully saturated rings. The highest BCUT2D eigenvalue weighted by molar-refractivity contribution is 5.69. The van der Waals surface area contributed by atoms with Crippen LogP contribution in [0.1, 0.15) is 40.0 Å². The molecule has 0 atom stereocenters. The molecule has 6 heteroatoms. The number of aliphatic carboxylic acids is 1. The summed E-state index contributed by atoms with van der Waals surface area (Å²) in [6, 6.07) is 0. The molecule has 0 saturated carbocycles. The minimum Gasteiger partial charge on any atom is -0.480 e. The molecule has 2 aliphatic heterocycles. The molecule has 2 heterocycles. The van der Waals surface area contributed by atoms with Crippen molar-refractivity contribution in [3.05, 3.63) is 0 Å². The molecule has 1 N–H and O–H groups in total. The lowest BCUT2D eigenvalue weighted by Gasteiger charge is -2.41. The van der Waals surface area contributed by atoms with Crippen molar-refractivity contribution >= 4 is 12.1 Å². The molecule has 0 aliphatic carbocycles. The number of carboxylic acids is 1. The molecular formula is C16H28N2O4. The molecule has 6 nitrogen and oxygen atoms in total. The van der Waals surface area contributed by atoms with Gasteiger partial charge in [0, 0.05) is 26.2 Å². The molecule has 22 heavy (non-hydrogen) atoms. The van der Waals surface area contributed by atoms with Crippen molar-refractivity contribution in [3.8, 4) is 0 Å². The Morgan fingerprint density at radius 1 is 1.14 bits per heavy atom. The Balaban J connectivity index is 1.64. The van der Waals surface area contributed by atoms with Crippen LogP contribution in [0.25, 0.3) is 0 Å². The van der Waals surface area contributed by atoms with Crippen LogP contribution in [0.4, 0.5) is 4.79 Å². The molecule has 2 saturated heterocycles. The van der Waals surface area contributed by atoms with Gasteiger partial charge in [-0.2, -0.15) is 0 Å². The standard InChI is InChI=1S/C16H28N2O4/c1-16(2,3)22-15(21)18-6-4-12(5-7-18)8-13-9-17(10-13)11-14(19)20/h12-13H,4-11H2,1-3H3,(H,19,20). The van der Waals surface area contributed by atoms with Crippen molar-refractivity contribution in [1.29, 1.82) is 0 Å². The highest BCUT2D eigenvalue weighted by Gasteiger charge is 2.32. The van der Waals surface area contributed by atoms with Gasteiger partial charge in [-0.3, -0.25) is 9.69 Å². The van der Waals surface area contributed by atoms with Crippen LogP contribution in [0.15, 0.2) is 0 Å². The van der Waals surface area contributed by atoms with Gasteiger partial charge in [0.2, 0.25) is 0 Å². The lowest BCUT2D eigenvalue weighted by molar-refractivity contribution is -0.140. The van der Waals surface area contributed by atoms with Gasteiger partial charge in [-0.15, -0.1) is 0 Å². The Hall–Kier alpha value is -1.30. The van der Waals surface area contributed by atoms with Crippen LogP contribution in [-0.4, -0.2) is 65.3 Å². The van der Waals surface area contributed by atoms with Crippen LogP contribution in [0, 0.1) is 11.8 Å². The third kappa shape index (κ3) is 5.16. The summed E-state index contributed by atoms with van der Waals surface area (Å²) in [5.41, 5.74) is -0.437. The largest absolute Gasteiger partial charge is 0.480 e. The summed E-state index contributed by atoms with van der Waals surface area (Å²) in [5, 5.41) is 8.73. The summed E-state index contributed by atoms with van der Waals surface area (Å²) in [6.07, 6.45) is 2.99. The second-order valence-electron chi connectivity index (χ2n) is 7.60. The van der Waals surface area contributed by atoms with Gasteiger partial charge in [0.15, 0.2) is 0 Å². The van der Waals surface area contributed by atoms with Gasteiger partial charge in [0.1, 0.15) is 5.60 Å². The highest BCUT2D eigenvalue weighted by atomic mass is 16.6. The SMILES string of the molecule is CC(C)(C)OC(=O)N1CCC(CC2CN(CC(=O)O)C2)CC1. The van der Waals surface area contributed by atoms with Crippen LogP contribution >= 0.6 is 0 Å². The number of amides is 1. The van der Waals surface area contributed by atoms with Crippen LogP contribution in [-0.2, 0) is 9.53 Å². The monoisotopic (exact) mass is 312 g/mol. The van der Waals surface area contributed by atoms with E-state index in [-0.39, 0.29) is 12.6 Å². The van der Waals surface area contributed by atoms with E-state index < -0.39 is 11.6 Å². The number of piperidine rings is 1. The van der Waals surface area contributed by atoms with E-state index in [9.17, 15) is 9.59 Å². The van der Waals surface area contributed by atoms with Crippen LogP contribution in [0.3, 0.4) is 0 Å². The Morgan fingerprint density at radius 3 is 2.23 bits per heavy atom. The predicted octanol–water partition coefficient (Wildman–Crippen LogP) is 2.04. The first kappa shape index (κ1) is 17.1. The summed E-state index contributed by atoms with van der Waals surface area (Å²) in [5.74, 6) is 0.525. The van der Waals surface area contributed by atoms with Crippen LogP contribution < -0.4 is 0 Å². The summed E-state index contributed by atoms with van der Waals surface area (Å²) < 4.78 is 5.40. The fourth-order valence-corrected chi connectivity index (χ4v) is 3.30. The van der Waals surface area contributed by atoms with E-state index >= 15 is 0 Å². The van der Waals surface area contributed by atoms with Gasteiger partial charge < -0.3 is 14.7 Å². The van der Waals surface area contributed by atoms with Crippen LogP contribution in [0.2, 0.25) is 0 Å². The van der Waals surface area contributed by atoms with E-state index in [2.05, 4.69) is 0 Å². The minimum absolute atomic E-state index is 0.160. The van der Waals surface area contributed by atoms with Gasteiger partial charge in [-0.1, -0.05) is 0 Å². The number of ether oxygens (including phenoxy) is 1. The first-order valence-electron chi connectivity index (χ1n) is 8.15. The van der Waals surface area contributed by atoms with Gasteiger partial charge >= 0.3 is 12.1 Å². The van der Waals surface area contributed by atoms with Crippen molar-refractivity contribution in [2.45, 2.75) is 45.6 Å². The first-order chi connectivity index (χ1) is 10.2. The first-order valence-corrected chi connectivity index (χ1v) is 8.15. The lowest BCUT2D eigenvalue weighted by atomic mass is 9.84. The summed E-state index contributed by atoms with van der Waals surface area (Å²) in [4.78, 5) is 26.4. The molecule has 2 rings (SSSR count). The molecular weight excluding hydrogens is 284 g/mol. The minimum atomic E-state index is -0.746. The van der Waals surface area contributed by atoms with Gasteiger partial charge in [-0.25, -0.2) is 4.79 Å². The number of hydrogen-bond donors (Lipinski definition) is 1. The normalized spacial score (nSPS) is 21.5. The summed E-state index contributed by atoms with van der Waals surface area (Å²) in [7, 11) is 0. The number of carboxylic acid groups (broad SMARTS) is 1. The molecule has 0 aromatic heterocycles. The second-order valence-corrected chi connectivity index (χ2v) is 7.60. The second kappa shape index (κ2) is 6.86. The van der Waals surface area contributed by atoms with Crippen LogP contribution in [0.5, 0.6) is 0 Å². The molecule has 1 amide bonds. The molecule has 2 aliphatic rings. The van der Waals surface area contributed by atoms with E-state index in [1.54, 1.807) is 4.90 Å². The Morgan fingerprint density at radius 2 is 1.73 bits per heavy atom. The zero-order chi connectivity index (χ0) is 16.3. The Labute approximate surface area is 132 Å². The topological polar surface area (TPSA) is 70.1 Å². The number of carbonyl (C=O) groups is 2. The van der Waals surface area contributed by atoms with Crippen molar-refractivity contribution in [3.63, 3.8) is 0 Å². The van der Waals surface area contributed by atoms with E-state index in [0.29, 0.717) is 11.8 Å².